The Labute approximate surface area is 114 Å². The van der Waals surface area contributed by atoms with E-state index in [2.05, 4.69) is 4.90 Å². The number of hydrogen-bond donors (Lipinski definition) is 1. The van der Waals surface area contributed by atoms with Gasteiger partial charge in [-0.15, -0.1) is 0 Å². The van der Waals surface area contributed by atoms with Crippen molar-refractivity contribution in [3.63, 3.8) is 0 Å². The maximum absolute atomic E-state index is 13.4. The summed E-state index contributed by atoms with van der Waals surface area (Å²) in [6, 6.07) is 5.06. The van der Waals surface area contributed by atoms with Crippen molar-refractivity contribution in [3.05, 3.63) is 29.6 Å². The van der Waals surface area contributed by atoms with Gasteiger partial charge in [0.2, 0.25) is 0 Å². The highest BCUT2D eigenvalue weighted by molar-refractivity contribution is 5.54. The normalized spacial score (nSPS) is 18.6. The van der Waals surface area contributed by atoms with Gasteiger partial charge in [-0.2, -0.15) is 0 Å². The number of rotatable bonds is 4. The second-order valence-corrected chi connectivity index (χ2v) is 5.38. The Morgan fingerprint density at radius 1 is 1.42 bits per heavy atom. The minimum absolute atomic E-state index is 0.0389. The number of hydrogen-bond acceptors (Lipinski definition) is 3. The lowest BCUT2D eigenvalue weighted by molar-refractivity contribution is 0.0819. The largest absolute Gasteiger partial charge is 0.381 e. The average molecular weight is 266 g/mol. The molecule has 0 radical (unpaired) electrons. The van der Waals surface area contributed by atoms with Gasteiger partial charge in [-0.25, -0.2) is 4.39 Å². The van der Waals surface area contributed by atoms with Gasteiger partial charge < -0.3 is 15.4 Å². The summed E-state index contributed by atoms with van der Waals surface area (Å²) in [6.07, 6.45) is 3.10. The van der Waals surface area contributed by atoms with E-state index in [-0.39, 0.29) is 11.9 Å². The third-order valence-corrected chi connectivity index (χ3v) is 3.70. The van der Waals surface area contributed by atoms with Gasteiger partial charge in [0, 0.05) is 31.9 Å². The zero-order valence-corrected chi connectivity index (χ0v) is 11.7. The molecular formula is C15H23FN2O. The number of ether oxygens (including phenoxy) is 1. The van der Waals surface area contributed by atoms with E-state index >= 15 is 0 Å². The maximum atomic E-state index is 13.4. The second-order valence-electron chi connectivity index (χ2n) is 5.38. The number of benzene rings is 1. The highest BCUT2D eigenvalue weighted by Crippen LogP contribution is 2.26. The predicted molar refractivity (Wildman–Crippen MR) is 76.0 cm³/mol. The van der Waals surface area contributed by atoms with Crippen LogP contribution < -0.4 is 10.6 Å². The number of anilines is 1. The van der Waals surface area contributed by atoms with Crippen LogP contribution in [0.15, 0.2) is 18.2 Å². The Bertz CT molecular complexity index is 415. The van der Waals surface area contributed by atoms with Crippen molar-refractivity contribution in [1.29, 1.82) is 0 Å². The zero-order valence-electron chi connectivity index (χ0n) is 11.7. The van der Waals surface area contributed by atoms with Crippen LogP contribution in [-0.2, 0) is 11.2 Å². The lowest BCUT2D eigenvalue weighted by atomic mass is 10.0. The van der Waals surface area contributed by atoms with Gasteiger partial charge in [0.25, 0.3) is 0 Å². The number of nitrogens with zero attached hydrogens (tertiary/aromatic N) is 1. The summed E-state index contributed by atoms with van der Waals surface area (Å²) < 4.78 is 18.8. The molecule has 0 amide bonds. The first-order valence-corrected chi connectivity index (χ1v) is 6.92. The molecule has 1 aliphatic heterocycles. The molecule has 0 saturated carbocycles. The highest BCUT2D eigenvalue weighted by Gasteiger charge is 2.21. The SMILES string of the molecule is COC1CCN(c2ccc(F)cc2CC(C)N)CC1. The minimum atomic E-state index is -0.189. The van der Waals surface area contributed by atoms with Crippen molar-refractivity contribution in [2.45, 2.75) is 38.3 Å². The molecule has 1 fully saturated rings. The molecule has 2 N–H and O–H groups in total. The maximum Gasteiger partial charge on any atom is 0.123 e. The molecule has 3 nitrogen and oxygen atoms in total. The molecule has 0 spiro atoms. The van der Waals surface area contributed by atoms with Crippen molar-refractivity contribution >= 4 is 5.69 Å². The van der Waals surface area contributed by atoms with E-state index in [1.54, 1.807) is 13.2 Å². The van der Waals surface area contributed by atoms with Crippen LogP contribution in [0, 0.1) is 5.82 Å². The number of halogens is 1. The monoisotopic (exact) mass is 266 g/mol. The third-order valence-electron chi connectivity index (χ3n) is 3.70. The van der Waals surface area contributed by atoms with E-state index in [4.69, 9.17) is 10.5 Å². The smallest absolute Gasteiger partial charge is 0.123 e. The van der Waals surface area contributed by atoms with Crippen molar-refractivity contribution in [2.24, 2.45) is 5.73 Å². The molecule has 4 heteroatoms. The summed E-state index contributed by atoms with van der Waals surface area (Å²) in [4.78, 5) is 2.31. The van der Waals surface area contributed by atoms with Gasteiger partial charge in [-0.3, -0.25) is 0 Å². The van der Waals surface area contributed by atoms with Gasteiger partial charge in [0.1, 0.15) is 5.82 Å². The molecule has 19 heavy (non-hydrogen) atoms. The summed E-state index contributed by atoms with van der Waals surface area (Å²) in [6.45, 7) is 3.86. The molecule has 1 atom stereocenters. The lowest BCUT2D eigenvalue weighted by Crippen LogP contribution is -2.37. The topological polar surface area (TPSA) is 38.5 Å². The summed E-state index contributed by atoms with van der Waals surface area (Å²) in [5, 5.41) is 0. The van der Waals surface area contributed by atoms with E-state index in [9.17, 15) is 4.39 Å². The highest BCUT2D eigenvalue weighted by atomic mass is 19.1. The van der Waals surface area contributed by atoms with Gasteiger partial charge in [0.05, 0.1) is 6.10 Å². The standard InChI is InChI=1S/C15H23FN2O/c1-11(17)9-12-10-13(16)3-4-15(12)18-7-5-14(19-2)6-8-18/h3-4,10-11,14H,5-9,17H2,1-2H3. The first kappa shape index (κ1) is 14.3. The molecule has 1 aliphatic rings. The Hall–Kier alpha value is -1.13. The first-order valence-electron chi connectivity index (χ1n) is 6.92. The number of methoxy groups -OCH3 is 1. The van der Waals surface area contributed by atoms with Crippen LogP contribution in [0.2, 0.25) is 0 Å². The van der Waals surface area contributed by atoms with Crippen molar-refractivity contribution < 1.29 is 9.13 Å². The van der Waals surface area contributed by atoms with Crippen LogP contribution in [0.25, 0.3) is 0 Å². The summed E-state index contributed by atoms with van der Waals surface area (Å²) in [5.41, 5.74) is 7.98. The fourth-order valence-corrected chi connectivity index (χ4v) is 2.71. The number of piperidine rings is 1. The van der Waals surface area contributed by atoms with Crippen LogP contribution in [0.3, 0.4) is 0 Å². The molecule has 106 valence electrons. The van der Waals surface area contributed by atoms with E-state index < -0.39 is 0 Å². The zero-order chi connectivity index (χ0) is 13.8. The number of nitrogens with two attached hydrogens (primary N) is 1. The Balaban J connectivity index is 2.15. The summed E-state index contributed by atoms with van der Waals surface area (Å²) in [5.74, 6) is -0.189. The molecule has 1 saturated heterocycles. The molecule has 1 unspecified atom stereocenters. The van der Waals surface area contributed by atoms with Crippen LogP contribution in [0.1, 0.15) is 25.3 Å². The van der Waals surface area contributed by atoms with E-state index in [1.807, 2.05) is 13.0 Å². The van der Waals surface area contributed by atoms with Crippen molar-refractivity contribution in [3.8, 4) is 0 Å². The van der Waals surface area contributed by atoms with E-state index in [0.29, 0.717) is 12.5 Å². The average Bonchev–Trinajstić information content (AvgIpc) is 2.38. The quantitative estimate of drug-likeness (QED) is 0.909. The van der Waals surface area contributed by atoms with Crippen LogP contribution in [0.5, 0.6) is 0 Å². The predicted octanol–water partition coefficient (Wildman–Crippen LogP) is 2.33. The second kappa shape index (κ2) is 6.35. The third kappa shape index (κ3) is 3.67. The molecule has 0 bridgehead atoms. The lowest BCUT2D eigenvalue weighted by Gasteiger charge is -2.34. The van der Waals surface area contributed by atoms with Crippen molar-refractivity contribution in [2.75, 3.05) is 25.1 Å². The summed E-state index contributed by atoms with van der Waals surface area (Å²) in [7, 11) is 1.76. The van der Waals surface area contributed by atoms with Crippen LogP contribution in [0.4, 0.5) is 10.1 Å². The molecular weight excluding hydrogens is 243 g/mol. The van der Waals surface area contributed by atoms with Gasteiger partial charge in [-0.05, 0) is 49.9 Å². The molecule has 0 aromatic heterocycles. The van der Waals surface area contributed by atoms with Gasteiger partial charge in [-0.1, -0.05) is 0 Å². The summed E-state index contributed by atoms with van der Waals surface area (Å²) >= 11 is 0. The van der Waals surface area contributed by atoms with Crippen LogP contribution >= 0.6 is 0 Å². The van der Waals surface area contributed by atoms with Crippen LogP contribution in [-0.4, -0.2) is 32.3 Å². The fourth-order valence-electron chi connectivity index (χ4n) is 2.71. The van der Waals surface area contributed by atoms with Gasteiger partial charge in [0.15, 0.2) is 0 Å². The fraction of sp³-hybridized carbons (Fsp3) is 0.600. The minimum Gasteiger partial charge on any atom is -0.381 e. The first-order chi connectivity index (χ1) is 9.10. The Kier molecular flexibility index (Phi) is 4.77. The molecule has 1 aromatic carbocycles. The Morgan fingerprint density at radius 2 is 2.11 bits per heavy atom. The van der Waals surface area contributed by atoms with E-state index in [1.165, 1.54) is 6.07 Å². The molecule has 0 aliphatic carbocycles. The van der Waals surface area contributed by atoms with E-state index in [0.717, 1.165) is 37.2 Å². The Morgan fingerprint density at radius 3 is 2.68 bits per heavy atom. The molecule has 2 rings (SSSR count). The molecule has 1 heterocycles. The van der Waals surface area contributed by atoms with Crippen molar-refractivity contribution in [1.82, 2.24) is 0 Å². The van der Waals surface area contributed by atoms with Gasteiger partial charge >= 0.3 is 0 Å². The molecule has 1 aromatic rings.